The number of anilines is 2. The molecule has 1 N–H and O–H groups in total. The first-order chi connectivity index (χ1) is 16.6. The largest absolute Gasteiger partial charge is 0.488 e. The number of ether oxygens (including phenoxy) is 2. The zero-order valence-electron chi connectivity index (χ0n) is 20.0. The van der Waals surface area contributed by atoms with E-state index in [1.165, 1.54) is 0 Å². The normalized spacial score (nSPS) is 21.1. The summed E-state index contributed by atoms with van der Waals surface area (Å²) in [6.07, 6.45) is 9.42. The molecule has 5 rings (SSSR count). The third-order valence-electron chi connectivity index (χ3n) is 6.39. The van der Waals surface area contributed by atoms with Crippen molar-refractivity contribution in [2.24, 2.45) is 0 Å². The molecular formula is C25H33N7O2. The summed E-state index contributed by atoms with van der Waals surface area (Å²) in [5.41, 5.74) is 3.83. The second-order valence-corrected chi connectivity index (χ2v) is 9.31. The van der Waals surface area contributed by atoms with Crippen LogP contribution in [0.15, 0.2) is 36.8 Å². The Hall–Kier alpha value is -3.04. The van der Waals surface area contributed by atoms with Crippen LogP contribution in [0.3, 0.4) is 0 Å². The van der Waals surface area contributed by atoms with Gasteiger partial charge in [0, 0.05) is 56.0 Å². The summed E-state index contributed by atoms with van der Waals surface area (Å²) >= 11 is 0. The Labute approximate surface area is 200 Å². The van der Waals surface area contributed by atoms with E-state index in [2.05, 4.69) is 47.2 Å². The van der Waals surface area contributed by atoms with Gasteiger partial charge in [0.1, 0.15) is 11.3 Å². The van der Waals surface area contributed by atoms with Crippen molar-refractivity contribution in [1.29, 1.82) is 0 Å². The van der Waals surface area contributed by atoms with E-state index in [1.807, 2.05) is 26.4 Å². The Morgan fingerprint density at radius 2 is 1.82 bits per heavy atom. The van der Waals surface area contributed by atoms with E-state index in [1.54, 1.807) is 12.4 Å². The lowest BCUT2D eigenvalue weighted by Crippen LogP contribution is -2.36. The number of nitrogens with zero attached hydrogens (tertiary/aromatic N) is 6. The van der Waals surface area contributed by atoms with Crippen LogP contribution in [-0.2, 0) is 11.3 Å². The number of fused-ring (bicyclic) bond motifs is 1. The third-order valence-corrected chi connectivity index (χ3v) is 6.39. The smallest absolute Gasteiger partial charge is 0.223 e. The van der Waals surface area contributed by atoms with Crippen molar-refractivity contribution in [3.8, 4) is 5.75 Å². The Morgan fingerprint density at radius 3 is 2.62 bits per heavy atom. The van der Waals surface area contributed by atoms with Crippen LogP contribution in [0.4, 0.5) is 11.6 Å². The Bertz CT molecular complexity index is 1100. The minimum absolute atomic E-state index is 0.157. The highest BCUT2D eigenvalue weighted by Crippen LogP contribution is 2.33. The van der Waals surface area contributed by atoms with E-state index < -0.39 is 0 Å². The molecule has 0 radical (unpaired) electrons. The van der Waals surface area contributed by atoms with Crippen LogP contribution in [0.2, 0.25) is 0 Å². The number of aromatic nitrogens is 4. The van der Waals surface area contributed by atoms with Gasteiger partial charge in [-0.2, -0.15) is 0 Å². The van der Waals surface area contributed by atoms with Gasteiger partial charge in [0.2, 0.25) is 5.95 Å². The van der Waals surface area contributed by atoms with Crippen molar-refractivity contribution in [1.82, 2.24) is 24.8 Å². The molecule has 0 bridgehead atoms. The summed E-state index contributed by atoms with van der Waals surface area (Å²) in [6.45, 7) is 4.04. The minimum atomic E-state index is 0.157. The third kappa shape index (κ3) is 5.53. The van der Waals surface area contributed by atoms with Crippen molar-refractivity contribution in [2.75, 3.05) is 50.6 Å². The number of nitrogens with one attached hydrogen (secondary N) is 1. The molecule has 180 valence electrons. The van der Waals surface area contributed by atoms with Crippen LogP contribution < -0.4 is 15.0 Å². The first kappa shape index (κ1) is 22.7. The van der Waals surface area contributed by atoms with Gasteiger partial charge in [-0.1, -0.05) is 0 Å². The summed E-state index contributed by atoms with van der Waals surface area (Å²) in [6, 6.07) is 6.54. The molecule has 1 aromatic carbocycles. The van der Waals surface area contributed by atoms with Crippen molar-refractivity contribution in [2.45, 2.75) is 44.4 Å². The fourth-order valence-corrected chi connectivity index (χ4v) is 4.69. The lowest BCUT2D eigenvalue weighted by atomic mass is 9.93. The summed E-state index contributed by atoms with van der Waals surface area (Å²) in [4.78, 5) is 22.6. The molecule has 2 aliphatic rings. The predicted octanol–water partition coefficient (Wildman–Crippen LogP) is 3.12. The first-order valence-corrected chi connectivity index (χ1v) is 12.1. The van der Waals surface area contributed by atoms with E-state index in [-0.39, 0.29) is 6.10 Å². The van der Waals surface area contributed by atoms with Gasteiger partial charge in [0.15, 0.2) is 0 Å². The topological polar surface area (TPSA) is 88.5 Å². The molecule has 1 aliphatic carbocycles. The summed E-state index contributed by atoms with van der Waals surface area (Å²) in [5.74, 6) is 1.53. The molecule has 3 aromatic rings. The molecule has 0 atom stereocenters. The second kappa shape index (κ2) is 10.5. The quantitative estimate of drug-likeness (QED) is 0.568. The number of hydrogen-bond acceptors (Lipinski definition) is 9. The second-order valence-electron chi connectivity index (χ2n) is 9.31. The molecular weight excluding hydrogens is 430 g/mol. The molecule has 34 heavy (non-hydrogen) atoms. The van der Waals surface area contributed by atoms with Gasteiger partial charge in [0.25, 0.3) is 0 Å². The van der Waals surface area contributed by atoms with Crippen molar-refractivity contribution >= 4 is 22.7 Å². The first-order valence-electron chi connectivity index (χ1n) is 12.1. The molecule has 9 heteroatoms. The lowest BCUT2D eigenvalue weighted by molar-refractivity contribution is 0.122. The van der Waals surface area contributed by atoms with Crippen molar-refractivity contribution in [3.63, 3.8) is 0 Å². The van der Waals surface area contributed by atoms with Gasteiger partial charge in [-0.3, -0.25) is 4.98 Å². The fraction of sp³-hybridized carbons (Fsp3) is 0.520. The highest BCUT2D eigenvalue weighted by molar-refractivity contribution is 5.85. The molecule has 3 heterocycles. The molecule has 0 amide bonds. The predicted molar refractivity (Wildman–Crippen MR) is 132 cm³/mol. The Morgan fingerprint density at radius 1 is 1.03 bits per heavy atom. The van der Waals surface area contributed by atoms with Crippen LogP contribution >= 0.6 is 0 Å². The Kier molecular flexibility index (Phi) is 7.01. The maximum atomic E-state index is 6.54. The van der Waals surface area contributed by atoms with Gasteiger partial charge in [-0.05, 0) is 51.9 Å². The van der Waals surface area contributed by atoms with E-state index >= 15 is 0 Å². The van der Waals surface area contributed by atoms with Crippen LogP contribution in [0.1, 0.15) is 31.4 Å². The van der Waals surface area contributed by atoms with Crippen molar-refractivity contribution in [3.05, 3.63) is 42.5 Å². The lowest BCUT2D eigenvalue weighted by Gasteiger charge is -2.31. The zero-order valence-corrected chi connectivity index (χ0v) is 20.0. The average molecular weight is 464 g/mol. The molecule has 2 aromatic heterocycles. The van der Waals surface area contributed by atoms with E-state index in [0.717, 1.165) is 86.7 Å². The van der Waals surface area contributed by atoms with Gasteiger partial charge in [-0.25, -0.2) is 15.0 Å². The maximum absolute atomic E-state index is 6.54. The molecule has 1 aliphatic heterocycles. The van der Waals surface area contributed by atoms with Gasteiger partial charge in [-0.15, -0.1) is 0 Å². The van der Waals surface area contributed by atoms with E-state index in [9.17, 15) is 0 Å². The fourth-order valence-electron chi connectivity index (χ4n) is 4.69. The van der Waals surface area contributed by atoms with Crippen LogP contribution in [0, 0.1) is 0 Å². The molecule has 0 spiro atoms. The number of benzene rings is 1. The van der Waals surface area contributed by atoms with Gasteiger partial charge >= 0.3 is 0 Å². The standard InChI is InChI=1S/C25H33N7O2/c1-31(2)17-19-7-8-28-25(30-19)29-18-3-5-21(6-4-18)34-23-16-20(32-11-13-33-14-12-32)15-22-24(23)27-10-9-26-22/h7-10,15-16,18,21H,3-6,11-14,17H2,1-2H3,(H,28,29,30)/t18-,21+. The number of hydrogen-bond donors (Lipinski definition) is 1. The van der Waals surface area contributed by atoms with Crippen LogP contribution in [-0.4, -0.2) is 77.4 Å². The highest BCUT2D eigenvalue weighted by Gasteiger charge is 2.24. The SMILES string of the molecule is CN(C)Cc1ccnc(N[C@H]2CC[C@@H](Oc3cc(N4CCOCC4)cc4nccnc34)CC2)n1. The van der Waals surface area contributed by atoms with Crippen LogP contribution in [0.5, 0.6) is 5.75 Å². The monoisotopic (exact) mass is 463 g/mol. The van der Waals surface area contributed by atoms with E-state index in [0.29, 0.717) is 12.0 Å². The molecule has 1 saturated carbocycles. The zero-order chi connectivity index (χ0) is 23.3. The molecule has 2 fully saturated rings. The summed E-state index contributed by atoms with van der Waals surface area (Å²) < 4.78 is 12.1. The molecule has 0 unspecified atom stereocenters. The minimum Gasteiger partial charge on any atom is -0.488 e. The maximum Gasteiger partial charge on any atom is 0.223 e. The van der Waals surface area contributed by atoms with Crippen molar-refractivity contribution < 1.29 is 9.47 Å². The van der Waals surface area contributed by atoms with E-state index in [4.69, 9.17) is 9.47 Å². The number of rotatable bonds is 7. The average Bonchev–Trinajstić information content (AvgIpc) is 2.85. The Balaban J connectivity index is 1.23. The number of morpholine rings is 1. The summed E-state index contributed by atoms with van der Waals surface area (Å²) in [5, 5.41) is 3.52. The van der Waals surface area contributed by atoms with Crippen LogP contribution in [0.25, 0.3) is 11.0 Å². The van der Waals surface area contributed by atoms with Gasteiger partial charge in [0.05, 0.1) is 30.5 Å². The highest BCUT2D eigenvalue weighted by atomic mass is 16.5. The van der Waals surface area contributed by atoms with Gasteiger partial charge < -0.3 is 24.6 Å². The molecule has 1 saturated heterocycles. The summed E-state index contributed by atoms with van der Waals surface area (Å²) in [7, 11) is 4.09. The molecule has 9 nitrogen and oxygen atoms in total.